The number of alkyl halides is 1. The molecule has 102 valence electrons. The number of hydrogen-bond acceptors (Lipinski definition) is 1. The molecule has 0 saturated heterocycles. The lowest BCUT2D eigenvalue weighted by atomic mass is 9.95. The molecule has 0 aromatic heterocycles. The maximum absolute atomic E-state index is 14.1. The van der Waals surface area contributed by atoms with Crippen LogP contribution in [0.25, 0.3) is 0 Å². The minimum Gasteiger partial charge on any atom is -0.291 e. The largest absolute Gasteiger partial charge is 0.291 e. The quantitative estimate of drug-likeness (QED) is 0.718. The van der Waals surface area contributed by atoms with Crippen molar-refractivity contribution in [3.63, 3.8) is 0 Å². The van der Waals surface area contributed by atoms with Crippen LogP contribution in [-0.2, 0) is 0 Å². The summed E-state index contributed by atoms with van der Waals surface area (Å²) >= 11 is 0. The van der Waals surface area contributed by atoms with E-state index in [1.807, 2.05) is 12.1 Å². The Morgan fingerprint density at radius 1 is 1.17 bits per heavy atom. The SMILES string of the molecule is CCCN(C(C)C)C(c1ccccc1C)C(C)F. The van der Waals surface area contributed by atoms with E-state index in [0.29, 0.717) is 6.04 Å². The molecule has 1 nitrogen and oxygen atoms in total. The Labute approximate surface area is 111 Å². The summed E-state index contributed by atoms with van der Waals surface area (Å²) < 4.78 is 14.1. The van der Waals surface area contributed by atoms with Gasteiger partial charge in [0.2, 0.25) is 0 Å². The number of halogens is 1. The Kier molecular flexibility index (Phi) is 5.80. The molecule has 2 atom stereocenters. The van der Waals surface area contributed by atoms with Crippen LogP contribution in [0.2, 0.25) is 0 Å². The van der Waals surface area contributed by atoms with Gasteiger partial charge in [0.25, 0.3) is 0 Å². The number of aryl methyl sites for hydroxylation is 1. The Morgan fingerprint density at radius 2 is 1.78 bits per heavy atom. The first kappa shape index (κ1) is 15.2. The number of hydrogen-bond donors (Lipinski definition) is 0. The Hall–Kier alpha value is -0.890. The molecule has 0 bridgehead atoms. The fourth-order valence-corrected chi connectivity index (χ4v) is 2.59. The predicted molar refractivity (Wildman–Crippen MR) is 76.6 cm³/mol. The molecule has 0 fully saturated rings. The Morgan fingerprint density at radius 3 is 2.22 bits per heavy atom. The lowest BCUT2D eigenvalue weighted by molar-refractivity contribution is 0.0892. The average Bonchev–Trinajstić information content (AvgIpc) is 2.30. The molecule has 18 heavy (non-hydrogen) atoms. The fourth-order valence-electron chi connectivity index (χ4n) is 2.59. The van der Waals surface area contributed by atoms with E-state index in [-0.39, 0.29) is 6.04 Å². The van der Waals surface area contributed by atoms with Crippen molar-refractivity contribution < 1.29 is 4.39 Å². The highest BCUT2D eigenvalue weighted by Crippen LogP contribution is 2.30. The van der Waals surface area contributed by atoms with Crippen molar-refractivity contribution in [2.24, 2.45) is 0 Å². The van der Waals surface area contributed by atoms with Crippen molar-refractivity contribution in [2.75, 3.05) is 6.54 Å². The molecule has 1 rings (SSSR count). The molecular formula is C16H26FN. The highest BCUT2D eigenvalue weighted by molar-refractivity contribution is 5.29. The summed E-state index contributed by atoms with van der Waals surface area (Å²) in [6.45, 7) is 11.1. The van der Waals surface area contributed by atoms with E-state index in [1.165, 1.54) is 5.56 Å². The van der Waals surface area contributed by atoms with Crippen molar-refractivity contribution >= 4 is 0 Å². The van der Waals surface area contributed by atoms with Crippen molar-refractivity contribution in [1.29, 1.82) is 0 Å². The fraction of sp³-hybridized carbons (Fsp3) is 0.625. The molecule has 0 N–H and O–H groups in total. The van der Waals surface area contributed by atoms with Gasteiger partial charge in [0, 0.05) is 6.04 Å². The monoisotopic (exact) mass is 251 g/mol. The topological polar surface area (TPSA) is 3.24 Å². The molecule has 1 aromatic carbocycles. The normalized spacial score (nSPS) is 15.1. The molecule has 0 radical (unpaired) electrons. The molecule has 0 amide bonds. The first-order valence-electron chi connectivity index (χ1n) is 6.94. The van der Waals surface area contributed by atoms with Crippen LogP contribution in [0, 0.1) is 6.92 Å². The first-order valence-corrected chi connectivity index (χ1v) is 6.94. The third kappa shape index (κ3) is 3.55. The number of benzene rings is 1. The van der Waals surface area contributed by atoms with Crippen LogP contribution >= 0.6 is 0 Å². The van der Waals surface area contributed by atoms with Crippen LogP contribution in [0.3, 0.4) is 0 Å². The van der Waals surface area contributed by atoms with Crippen LogP contribution < -0.4 is 0 Å². The predicted octanol–water partition coefficient (Wildman–Crippen LogP) is 4.51. The minimum absolute atomic E-state index is 0.133. The average molecular weight is 251 g/mol. The second kappa shape index (κ2) is 6.89. The van der Waals surface area contributed by atoms with Gasteiger partial charge in [-0.15, -0.1) is 0 Å². The highest BCUT2D eigenvalue weighted by atomic mass is 19.1. The molecule has 0 heterocycles. The molecule has 0 saturated carbocycles. The third-order valence-electron chi connectivity index (χ3n) is 3.44. The second-order valence-electron chi connectivity index (χ2n) is 5.31. The van der Waals surface area contributed by atoms with Crippen molar-refractivity contribution in [3.05, 3.63) is 35.4 Å². The van der Waals surface area contributed by atoms with Crippen LogP contribution in [0.1, 0.15) is 51.3 Å². The zero-order chi connectivity index (χ0) is 13.7. The van der Waals surface area contributed by atoms with Crippen LogP contribution in [-0.4, -0.2) is 23.7 Å². The van der Waals surface area contributed by atoms with Gasteiger partial charge in [-0.25, -0.2) is 4.39 Å². The van der Waals surface area contributed by atoms with E-state index in [9.17, 15) is 4.39 Å². The summed E-state index contributed by atoms with van der Waals surface area (Å²) in [7, 11) is 0. The molecule has 0 spiro atoms. The van der Waals surface area contributed by atoms with Gasteiger partial charge < -0.3 is 0 Å². The van der Waals surface area contributed by atoms with Crippen LogP contribution in [0.5, 0.6) is 0 Å². The van der Waals surface area contributed by atoms with Crippen molar-refractivity contribution in [1.82, 2.24) is 4.90 Å². The van der Waals surface area contributed by atoms with Gasteiger partial charge in [0.15, 0.2) is 0 Å². The van der Waals surface area contributed by atoms with Crippen LogP contribution in [0.15, 0.2) is 24.3 Å². The van der Waals surface area contributed by atoms with Crippen LogP contribution in [0.4, 0.5) is 4.39 Å². The number of nitrogens with zero attached hydrogens (tertiary/aromatic N) is 1. The lowest BCUT2D eigenvalue weighted by Crippen LogP contribution is -2.39. The summed E-state index contributed by atoms with van der Waals surface area (Å²) in [5.74, 6) is 0. The molecule has 2 unspecified atom stereocenters. The molecule has 2 heteroatoms. The molecule has 0 aliphatic rings. The molecule has 1 aromatic rings. The van der Waals surface area contributed by atoms with Gasteiger partial charge in [-0.1, -0.05) is 31.2 Å². The summed E-state index contributed by atoms with van der Waals surface area (Å²) in [4.78, 5) is 2.27. The van der Waals surface area contributed by atoms with Gasteiger partial charge in [-0.3, -0.25) is 4.90 Å². The minimum atomic E-state index is -0.861. The number of rotatable bonds is 6. The van der Waals surface area contributed by atoms with Crippen molar-refractivity contribution in [3.8, 4) is 0 Å². The van der Waals surface area contributed by atoms with E-state index >= 15 is 0 Å². The molecule has 0 aliphatic carbocycles. The van der Waals surface area contributed by atoms with E-state index < -0.39 is 6.17 Å². The standard InChI is InChI=1S/C16H26FN/c1-6-11-18(12(2)3)16(14(5)17)15-10-8-7-9-13(15)4/h7-10,12,14,16H,6,11H2,1-5H3. The Bertz CT molecular complexity index is 360. The van der Waals surface area contributed by atoms with Gasteiger partial charge in [0.1, 0.15) is 6.17 Å². The molecule has 0 aliphatic heterocycles. The Balaban J connectivity index is 3.12. The maximum atomic E-state index is 14.1. The zero-order valence-corrected chi connectivity index (χ0v) is 12.3. The van der Waals surface area contributed by atoms with Gasteiger partial charge in [-0.05, 0) is 51.8 Å². The van der Waals surface area contributed by atoms with Gasteiger partial charge in [-0.2, -0.15) is 0 Å². The summed E-state index contributed by atoms with van der Waals surface area (Å²) in [6, 6.07) is 8.36. The third-order valence-corrected chi connectivity index (χ3v) is 3.44. The highest BCUT2D eigenvalue weighted by Gasteiger charge is 2.28. The maximum Gasteiger partial charge on any atom is 0.117 e. The van der Waals surface area contributed by atoms with E-state index in [4.69, 9.17) is 0 Å². The summed E-state index contributed by atoms with van der Waals surface area (Å²) in [6.07, 6.45) is 0.188. The van der Waals surface area contributed by atoms with E-state index in [0.717, 1.165) is 18.5 Å². The lowest BCUT2D eigenvalue weighted by Gasteiger charge is -2.36. The second-order valence-corrected chi connectivity index (χ2v) is 5.31. The zero-order valence-electron chi connectivity index (χ0n) is 12.3. The van der Waals surface area contributed by atoms with Gasteiger partial charge in [0.05, 0.1) is 6.04 Å². The summed E-state index contributed by atoms with van der Waals surface area (Å²) in [5, 5.41) is 0. The first-order chi connectivity index (χ1) is 8.49. The van der Waals surface area contributed by atoms with Gasteiger partial charge >= 0.3 is 0 Å². The van der Waals surface area contributed by atoms with E-state index in [1.54, 1.807) is 6.92 Å². The smallest absolute Gasteiger partial charge is 0.117 e. The van der Waals surface area contributed by atoms with Crippen molar-refractivity contribution in [2.45, 2.75) is 59.3 Å². The molecular weight excluding hydrogens is 225 g/mol. The van der Waals surface area contributed by atoms with E-state index in [2.05, 4.69) is 44.7 Å². The summed E-state index contributed by atoms with van der Waals surface area (Å²) in [5.41, 5.74) is 2.29.